The van der Waals surface area contributed by atoms with Crippen molar-refractivity contribution < 1.29 is 4.79 Å². The van der Waals surface area contributed by atoms with Gasteiger partial charge < -0.3 is 15.2 Å². The summed E-state index contributed by atoms with van der Waals surface area (Å²) in [4.78, 5) is 23.1. The van der Waals surface area contributed by atoms with Crippen LogP contribution in [0.4, 0.5) is 5.69 Å². The van der Waals surface area contributed by atoms with E-state index in [4.69, 9.17) is 0 Å². The van der Waals surface area contributed by atoms with Gasteiger partial charge in [0.1, 0.15) is 0 Å². The van der Waals surface area contributed by atoms with Crippen molar-refractivity contribution in [3.63, 3.8) is 0 Å². The summed E-state index contributed by atoms with van der Waals surface area (Å²) >= 11 is 0. The van der Waals surface area contributed by atoms with Gasteiger partial charge in [-0.15, -0.1) is 0 Å². The predicted octanol–water partition coefficient (Wildman–Crippen LogP) is 1.25. The second-order valence-corrected chi connectivity index (χ2v) is 5.10. The average Bonchev–Trinajstić information content (AvgIpc) is 2.42. The number of carbonyl (C=O) groups excluding carboxylic acids is 1. The summed E-state index contributed by atoms with van der Waals surface area (Å²) in [6.45, 7) is 1.06. The van der Waals surface area contributed by atoms with E-state index in [9.17, 15) is 9.59 Å². The van der Waals surface area contributed by atoms with E-state index in [1.807, 2.05) is 0 Å². The fraction of sp³-hybridized carbons (Fsp3) is 0.571. The van der Waals surface area contributed by atoms with Crippen LogP contribution in [0.15, 0.2) is 23.1 Å². The Labute approximate surface area is 113 Å². The van der Waals surface area contributed by atoms with Gasteiger partial charge in [-0.1, -0.05) is 6.42 Å². The van der Waals surface area contributed by atoms with Crippen molar-refractivity contribution in [3.05, 3.63) is 28.7 Å². The van der Waals surface area contributed by atoms with Crippen LogP contribution in [0, 0.1) is 0 Å². The molecule has 19 heavy (non-hydrogen) atoms. The summed E-state index contributed by atoms with van der Waals surface area (Å²) in [5, 5.41) is 6.25. The van der Waals surface area contributed by atoms with Crippen molar-refractivity contribution in [1.82, 2.24) is 9.88 Å². The highest BCUT2D eigenvalue weighted by Gasteiger charge is 2.14. The second-order valence-electron chi connectivity index (χ2n) is 5.10. The molecule has 0 aromatic carbocycles. The first-order valence-corrected chi connectivity index (χ1v) is 6.85. The van der Waals surface area contributed by atoms with Gasteiger partial charge in [-0.2, -0.15) is 0 Å². The largest absolute Gasteiger partial charge is 0.325 e. The Balaban J connectivity index is 1.80. The highest BCUT2D eigenvalue weighted by molar-refractivity contribution is 5.90. The van der Waals surface area contributed by atoms with E-state index in [-0.39, 0.29) is 11.5 Å². The van der Waals surface area contributed by atoms with E-state index >= 15 is 0 Å². The first kappa shape index (κ1) is 13.8. The van der Waals surface area contributed by atoms with Gasteiger partial charge in [0, 0.05) is 31.8 Å². The number of aromatic nitrogens is 1. The number of carbonyl (C=O) groups is 1. The molecular weight excluding hydrogens is 242 g/mol. The number of hydrogen-bond acceptors (Lipinski definition) is 3. The Morgan fingerprint density at radius 3 is 3.00 bits per heavy atom. The number of pyridine rings is 1. The van der Waals surface area contributed by atoms with Gasteiger partial charge >= 0.3 is 0 Å². The summed E-state index contributed by atoms with van der Waals surface area (Å²) in [5.74, 6) is 0.00558. The van der Waals surface area contributed by atoms with E-state index < -0.39 is 0 Å². The van der Waals surface area contributed by atoms with E-state index in [1.54, 1.807) is 19.3 Å². The average molecular weight is 263 g/mol. The van der Waals surface area contributed by atoms with Crippen LogP contribution < -0.4 is 16.2 Å². The van der Waals surface area contributed by atoms with Crippen molar-refractivity contribution in [3.8, 4) is 0 Å². The number of hydrogen-bond donors (Lipinski definition) is 2. The molecule has 1 aliphatic heterocycles. The van der Waals surface area contributed by atoms with Gasteiger partial charge in [0.05, 0.1) is 5.69 Å². The second kappa shape index (κ2) is 6.52. The number of aryl methyl sites for hydroxylation is 1. The molecule has 1 aromatic rings. The maximum atomic E-state index is 11.8. The molecule has 1 atom stereocenters. The highest BCUT2D eigenvalue weighted by atomic mass is 16.1. The minimum Gasteiger partial charge on any atom is -0.325 e. The molecule has 5 heteroatoms. The van der Waals surface area contributed by atoms with Crippen molar-refractivity contribution in [1.29, 1.82) is 0 Å². The van der Waals surface area contributed by atoms with Crippen LogP contribution in [0.25, 0.3) is 0 Å². The summed E-state index contributed by atoms with van der Waals surface area (Å²) in [7, 11) is 1.67. The zero-order valence-electron chi connectivity index (χ0n) is 11.3. The lowest BCUT2D eigenvalue weighted by molar-refractivity contribution is -0.116. The monoisotopic (exact) mass is 263 g/mol. The van der Waals surface area contributed by atoms with Crippen molar-refractivity contribution in [2.75, 3.05) is 11.9 Å². The number of anilines is 1. The molecule has 2 rings (SSSR count). The Hall–Kier alpha value is -1.62. The Morgan fingerprint density at radius 1 is 1.47 bits per heavy atom. The Kier molecular flexibility index (Phi) is 4.74. The smallest absolute Gasteiger partial charge is 0.250 e. The number of amides is 1. The standard InChI is InChI=1S/C14H21N3O2/c1-17-10-12(6-8-14(17)19)16-13(18)7-5-11-4-2-3-9-15-11/h6,8,10-11,15H,2-5,7,9H2,1H3,(H,16,18). The Bertz CT molecular complexity index is 490. The van der Waals surface area contributed by atoms with Crippen LogP contribution in [0.1, 0.15) is 32.1 Å². The normalized spacial score (nSPS) is 19.1. The summed E-state index contributed by atoms with van der Waals surface area (Å²) in [6, 6.07) is 3.57. The molecule has 1 aliphatic rings. The third-order valence-corrected chi connectivity index (χ3v) is 3.50. The third-order valence-electron chi connectivity index (χ3n) is 3.50. The molecule has 1 fully saturated rings. The molecule has 1 aromatic heterocycles. The fourth-order valence-electron chi connectivity index (χ4n) is 2.37. The predicted molar refractivity (Wildman–Crippen MR) is 75.2 cm³/mol. The molecule has 2 N–H and O–H groups in total. The van der Waals surface area contributed by atoms with E-state index in [2.05, 4.69) is 10.6 Å². The molecule has 0 saturated carbocycles. The number of nitrogens with one attached hydrogen (secondary N) is 2. The van der Waals surface area contributed by atoms with E-state index in [0.717, 1.165) is 19.4 Å². The molecule has 0 spiro atoms. The minimum absolute atomic E-state index is 0.00558. The third kappa shape index (κ3) is 4.21. The SMILES string of the molecule is Cn1cc(NC(=O)CCC2CCCCN2)ccc1=O. The van der Waals surface area contributed by atoms with Gasteiger partial charge in [0.25, 0.3) is 0 Å². The lowest BCUT2D eigenvalue weighted by Crippen LogP contribution is -2.34. The lowest BCUT2D eigenvalue weighted by atomic mass is 10.0. The molecule has 1 saturated heterocycles. The number of piperidine rings is 1. The fourth-order valence-corrected chi connectivity index (χ4v) is 2.37. The molecule has 1 unspecified atom stereocenters. The van der Waals surface area contributed by atoms with E-state index in [1.165, 1.54) is 23.5 Å². The van der Waals surface area contributed by atoms with Crippen LogP contribution in [0.5, 0.6) is 0 Å². The van der Waals surface area contributed by atoms with Gasteiger partial charge in [0.2, 0.25) is 11.5 Å². The Morgan fingerprint density at radius 2 is 2.32 bits per heavy atom. The molecule has 2 heterocycles. The first-order chi connectivity index (χ1) is 9.15. The number of rotatable bonds is 4. The van der Waals surface area contributed by atoms with Crippen molar-refractivity contribution >= 4 is 11.6 Å². The zero-order chi connectivity index (χ0) is 13.7. The van der Waals surface area contributed by atoms with Gasteiger partial charge in [-0.3, -0.25) is 9.59 Å². The van der Waals surface area contributed by atoms with Crippen LogP contribution in [0.3, 0.4) is 0 Å². The molecule has 104 valence electrons. The molecule has 0 radical (unpaired) electrons. The first-order valence-electron chi connectivity index (χ1n) is 6.85. The topological polar surface area (TPSA) is 63.1 Å². The molecule has 0 aliphatic carbocycles. The summed E-state index contributed by atoms with van der Waals surface area (Å²) < 4.78 is 1.46. The quantitative estimate of drug-likeness (QED) is 0.859. The van der Waals surface area contributed by atoms with Crippen LogP contribution in [0.2, 0.25) is 0 Å². The maximum absolute atomic E-state index is 11.8. The summed E-state index contributed by atoms with van der Waals surface area (Å²) in [6.07, 6.45) is 6.67. The van der Waals surface area contributed by atoms with E-state index in [0.29, 0.717) is 18.2 Å². The van der Waals surface area contributed by atoms with Gasteiger partial charge in [0.15, 0.2) is 0 Å². The minimum atomic E-state index is -0.0793. The summed E-state index contributed by atoms with van der Waals surface area (Å²) in [5.41, 5.74) is 0.591. The van der Waals surface area contributed by atoms with Crippen LogP contribution >= 0.6 is 0 Å². The van der Waals surface area contributed by atoms with Crippen LogP contribution in [-0.4, -0.2) is 23.1 Å². The number of nitrogens with zero attached hydrogens (tertiary/aromatic N) is 1. The maximum Gasteiger partial charge on any atom is 0.250 e. The van der Waals surface area contributed by atoms with Crippen LogP contribution in [-0.2, 0) is 11.8 Å². The van der Waals surface area contributed by atoms with Gasteiger partial charge in [-0.25, -0.2) is 0 Å². The van der Waals surface area contributed by atoms with Crippen molar-refractivity contribution in [2.24, 2.45) is 7.05 Å². The highest BCUT2D eigenvalue weighted by Crippen LogP contribution is 2.12. The molecule has 0 bridgehead atoms. The lowest BCUT2D eigenvalue weighted by Gasteiger charge is -2.23. The zero-order valence-corrected chi connectivity index (χ0v) is 11.3. The molecular formula is C14H21N3O2. The van der Waals surface area contributed by atoms with Gasteiger partial charge in [-0.05, 0) is 31.9 Å². The molecule has 5 nitrogen and oxygen atoms in total. The van der Waals surface area contributed by atoms with Crippen molar-refractivity contribution in [2.45, 2.75) is 38.1 Å². The molecule has 1 amide bonds.